The Morgan fingerprint density at radius 1 is 1.07 bits per heavy atom. The lowest BCUT2D eigenvalue weighted by molar-refractivity contribution is 0.0845. The number of methoxy groups -OCH3 is 1. The van der Waals surface area contributed by atoms with Crippen LogP contribution >= 0.6 is 0 Å². The lowest BCUT2D eigenvalue weighted by Crippen LogP contribution is -2.35. The Balaban J connectivity index is 2.03. The Bertz CT molecular complexity index is 1080. The summed E-state index contributed by atoms with van der Waals surface area (Å²) in [6, 6.07) is 4.59. The maximum absolute atomic E-state index is 13.1. The summed E-state index contributed by atoms with van der Waals surface area (Å²) in [5.41, 5.74) is -1.31. The molecule has 0 aromatic heterocycles. The third-order valence-electron chi connectivity index (χ3n) is 5.36. The zero-order valence-electron chi connectivity index (χ0n) is 14.5. The van der Waals surface area contributed by atoms with Crippen LogP contribution in [-0.2, 0) is 12.8 Å². The minimum Gasteiger partial charge on any atom is -0.507 e. The van der Waals surface area contributed by atoms with Crippen molar-refractivity contribution in [3.63, 3.8) is 0 Å². The number of carbonyl (C=O) groups is 2. The number of hydrogen-bond donors (Lipinski definition) is 3. The van der Waals surface area contributed by atoms with Crippen LogP contribution in [0.2, 0.25) is 0 Å². The first-order valence-corrected chi connectivity index (χ1v) is 8.39. The first-order chi connectivity index (χ1) is 12.8. The smallest absolute Gasteiger partial charge is 0.202 e. The number of phenols is 2. The number of aromatic hydroxyl groups is 2. The molecule has 136 valence electrons. The van der Waals surface area contributed by atoms with Gasteiger partial charge in [-0.05, 0) is 18.9 Å². The number of rotatable bonds is 1. The highest BCUT2D eigenvalue weighted by molar-refractivity contribution is 6.31. The number of carbonyl (C=O) groups excluding carboxylic acids is 2. The molecule has 6 nitrogen and oxygen atoms in total. The summed E-state index contributed by atoms with van der Waals surface area (Å²) in [5.74, 6) is 0.551. The van der Waals surface area contributed by atoms with Crippen molar-refractivity contribution < 1.29 is 29.6 Å². The summed E-state index contributed by atoms with van der Waals surface area (Å²) >= 11 is 0. The second kappa shape index (κ2) is 5.60. The molecule has 1 unspecified atom stereocenters. The molecular formula is C21H16O6. The standard InChI is InChI=1S/C21H16O6/c1-3-21(26)8-7-10-12(9-21)19(24)15-16(17(10)22)20(25)14-11(18(15)23)5-4-6-13(14)27-2/h1,4-6,22,24,26H,7-9H2,2H3. The number of phenolic OH excluding ortho intramolecular Hbond substituents is 2. The predicted octanol–water partition coefficient (Wildman–Crippen LogP) is 1.73. The van der Waals surface area contributed by atoms with Crippen LogP contribution in [0.25, 0.3) is 0 Å². The van der Waals surface area contributed by atoms with Crippen LogP contribution in [0.15, 0.2) is 18.2 Å². The van der Waals surface area contributed by atoms with E-state index in [2.05, 4.69) is 5.92 Å². The number of benzene rings is 2. The fraction of sp³-hybridized carbons (Fsp3) is 0.238. The normalized spacial score (nSPS) is 20.3. The van der Waals surface area contributed by atoms with E-state index in [0.717, 1.165) is 0 Å². The Morgan fingerprint density at radius 2 is 1.74 bits per heavy atom. The first kappa shape index (κ1) is 17.1. The molecule has 27 heavy (non-hydrogen) atoms. The van der Waals surface area contributed by atoms with E-state index in [1.165, 1.54) is 13.2 Å². The molecule has 2 aromatic carbocycles. The quantitative estimate of drug-likeness (QED) is 0.449. The molecule has 0 amide bonds. The van der Waals surface area contributed by atoms with Crippen LogP contribution in [0, 0.1) is 12.3 Å². The largest absolute Gasteiger partial charge is 0.507 e. The highest BCUT2D eigenvalue weighted by atomic mass is 16.5. The molecule has 0 saturated carbocycles. The summed E-state index contributed by atoms with van der Waals surface area (Å²) in [5, 5.41) is 31.9. The molecule has 0 fully saturated rings. The number of aliphatic hydroxyl groups is 1. The monoisotopic (exact) mass is 364 g/mol. The summed E-state index contributed by atoms with van der Waals surface area (Å²) in [4.78, 5) is 26.1. The van der Waals surface area contributed by atoms with Crippen molar-refractivity contribution in [1.29, 1.82) is 0 Å². The predicted molar refractivity (Wildman–Crippen MR) is 95.4 cm³/mol. The Labute approximate surface area is 155 Å². The maximum Gasteiger partial charge on any atom is 0.202 e. The maximum atomic E-state index is 13.1. The number of terminal acetylenes is 1. The van der Waals surface area contributed by atoms with Gasteiger partial charge < -0.3 is 20.1 Å². The van der Waals surface area contributed by atoms with E-state index in [1.54, 1.807) is 12.1 Å². The zero-order chi connectivity index (χ0) is 19.5. The van der Waals surface area contributed by atoms with Crippen LogP contribution in [0.3, 0.4) is 0 Å². The van der Waals surface area contributed by atoms with Gasteiger partial charge in [-0.25, -0.2) is 0 Å². The molecule has 0 bridgehead atoms. The van der Waals surface area contributed by atoms with Crippen molar-refractivity contribution in [3.8, 4) is 29.6 Å². The first-order valence-electron chi connectivity index (χ1n) is 8.39. The molecule has 6 heteroatoms. The third kappa shape index (κ3) is 2.19. The van der Waals surface area contributed by atoms with Crippen molar-refractivity contribution in [2.75, 3.05) is 7.11 Å². The minimum atomic E-state index is -1.48. The van der Waals surface area contributed by atoms with Gasteiger partial charge in [-0.3, -0.25) is 9.59 Å². The average Bonchev–Trinajstić information content (AvgIpc) is 2.68. The molecule has 1 atom stereocenters. The summed E-state index contributed by atoms with van der Waals surface area (Å²) in [6.07, 6.45) is 5.61. The second-order valence-corrected chi connectivity index (χ2v) is 6.80. The number of fused-ring (bicyclic) bond motifs is 3. The van der Waals surface area contributed by atoms with E-state index in [9.17, 15) is 24.9 Å². The van der Waals surface area contributed by atoms with Crippen molar-refractivity contribution in [3.05, 3.63) is 51.6 Å². The molecule has 0 spiro atoms. The SMILES string of the molecule is C#CC1(O)CCc2c(O)c3c(c(O)c2C1)C(=O)c1cccc(OC)c1C3=O. The van der Waals surface area contributed by atoms with Crippen LogP contribution in [0.1, 0.15) is 49.4 Å². The third-order valence-corrected chi connectivity index (χ3v) is 5.36. The Kier molecular flexibility index (Phi) is 3.55. The van der Waals surface area contributed by atoms with Crippen molar-refractivity contribution in [2.45, 2.75) is 24.9 Å². The van der Waals surface area contributed by atoms with E-state index in [0.29, 0.717) is 5.56 Å². The summed E-state index contributed by atoms with van der Waals surface area (Å²) < 4.78 is 5.20. The van der Waals surface area contributed by atoms with E-state index >= 15 is 0 Å². The molecular weight excluding hydrogens is 348 g/mol. The fourth-order valence-corrected chi connectivity index (χ4v) is 3.95. The average molecular weight is 364 g/mol. The molecule has 0 aliphatic heterocycles. The van der Waals surface area contributed by atoms with Gasteiger partial charge in [0.05, 0.1) is 23.8 Å². The summed E-state index contributed by atoms with van der Waals surface area (Å²) in [6.45, 7) is 0. The molecule has 0 radical (unpaired) electrons. The Hall–Kier alpha value is -3.30. The van der Waals surface area contributed by atoms with Crippen molar-refractivity contribution in [1.82, 2.24) is 0 Å². The van der Waals surface area contributed by atoms with Crippen LogP contribution in [0.5, 0.6) is 17.2 Å². The highest BCUT2D eigenvalue weighted by Crippen LogP contribution is 2.47. The fourth-order valence-electron chi connectivity index (χ4n) is 3.95. The molecule has 0 saturated heterocycles. The minimum absolute atomic E-state index is 0.0584. The van der Waals surface area contributed by atoms with Gasteiger partial charge in [-0.15, -0.1) is 6.42 Å². The topological polar surface area (TPSA) is 104 Å². The van der Waals surface area contributed by atoms with E-state index < -0.39 is 22.9 Å². The molecule has 0 heterocycles. The van der Waals surface area contributed by atoms with Gasteiger partial charge in [0.15, 0.2) is 5.78 Å². The van der Waals surface area contributed by atoms with Crippen molar-refractivity contribution >= 4 is 11.6 Å². The number of hydrogen-bond acceptors (Lipinski definition) is 6. The Morgan fingerprint density at radius 3 is 2.41 bits per heavy atom. The molecule has 2 aliphatic rings. The molecule has 4 rings (SSSR count). The summed E-state index contributed by atoms with van der Waals surface area (Å²) in [7, 11) is 1.38. The molecule has 2 aromatic rings. The van der Waals surface area contributed by atoms with Gasteiger partial charge in [0.2, 0.25) is 5.78 Å². The number of ketones is 2. The van der Waals surface area contributed by atoms with E-state index in [1.807, 2.05) is 0 Å². The molecule has 3 N–H and O–H groups in total. The van der Waals surface area contributed by atoms with E-state index in [-0.39, 0.29) is 58.6 Å². The van der Waals surface area contributed by atoms with Crippen molar-refractivity contribution in [2.24, 2.45) is 0 Å². The number of ether oxygens (including phenoxy) is 1. The molecule has 2 aliphatic carbocycles. The van der Waals surface area contributed by atoms with Crippen LogP contribution in [-0.4, -0.2) is 39.6 Å². The lowest BCUT2D eigenvalue weighted by atomic mass is 9.74. The van der Waals surface area contributed by atoms with E-state index in [4.69, 9.17) is 11.2 Å². The highest BCUT2D eigenvalue weighted by Gasteiger charge is 2.42. The zero-order valence-corrected chi connectivity index (χ0v) is 14.5. The van der Waals surface area contributed by atoms with Crippen LogP contribution < -0.4 is 4.74 Å². The van der Waals surface area contributed by atoms with Gasteiger partial charge in [-0.2, -0.15) is 0 Å². The lowest BCUT2D eigenvalue weighted by Gasteiger charge is -2.32. The van der Waals surface area contributed by atoms with Gasteiger partial charge in [0.1, 0.15) is 22.8 Å². The van der Waals surface area contributed by atoms with Crippen LogP contribution in [0.4, 0.5) is 0 Å². The van der Waals surface area contributed by atoms with Gasteiger partial charge >= 0.3 is 0 Å². The second-order valence-electron chi connectivity index (χ2n) is 6.80. The van der Waals surface area contributed by atoms with Gasteiger partial charge in [-0.1, -0.05) is 18.1 Å². The van der Waals surface area contributed by atoms with Gasteiger partial charge in [0, 0.05) is 23.1 Å². The van der Waals surface area contributed by atoms with Gasteiger partial charge in [0.25, 0.3) is 0 Å².